The fourth-order valence-electron chi connectivity index (χ4n) is 1.36. The minimum Gasteiger partial charge on any atom is -0.456 e. The summed E-state index contributed by atoms with van der Waals surface area (Å²) in [6.45, 7) is 0.768. The standard InChI is InChI=1S/C8H13BrO6/c1-3(11)14-7-6(13)5(12)4(2-10)15-8(7)9/h4-8,10,12-13H,2H2,1H3/t4-,5-,6+,7-,8?/m1/s1. The van der Waals surface area contributed by atoms with E-state index in [0.29, 0.717) is 0 Å². The molecule has 1 aliphatic rings. The Kier molecular flexibility index (Phi) is 4.47. The van der Waals surface area contributed by atoms with Crippen molar-refractivity contribution in [2.45, 2.75) is 36.4 Å². The predicted molar refractivity (Wildman–Crippen MR) is 52.2 cm³/mol. The van der Waals surface area contributed by atoms with Gasteiger partial charge in [-0.05, 0) is 0 Å². The lowest BCUT2D eigenvalue weighted by Gasteiger charge is -2.39. The number of ether oxygens (including phenoxy) is 2. The van der Waals surface area contributed by atoms with E-state index in [0.717, 1.165) is 0 Å². The van der Waals surface area contributed by atoms with Gasteiger partial charge < -0.3 is 24.8 Å². The van der Waals surface area contributed by atoms with Crippen LogP contribution in [0.15, 0.2) is 0 Å². The summed E-state index contributed by atoms with van der Waals surface area (Å²) in [6.07, 6.45) is -4.45. The highest BCUT2D eigenvalue weighted by molar-refractivity contribution is 9.09. The van der Waals surface area contributed by atoms with Crippen molar-refractivity contribution < 1.29 is 29.6 Å². The van der Waals surface area contributed by atoms with Gasteiger partial charge in [0.25, 0.3) is 0 Å². The second-order valence-electron chi connectivity index (χ2n) is 3.26. The van der Waals surface area contributed by atoms with Gasteiger partial charge in [0, 0.05) is 6.92 Å². The zero-order valence-electron chi connectivity index (χ0n) is 8.04. The number of hydrogen-bond acceptors (Lipinski definition) is 6. The molecule has 88 valence electrons. The van der Waals surface area contributed by atoms with Crippen LogP contribution < -0.4 is 0 Å². The molecule has 0 bridgehead atoms. The fourth-order valence-corrected chi connectivity index (χ4v) is 2.06. The highest BCUT2D eigenvalue weighted by Gasteiger charge is 2.45. The van der Waals surface area contributed by atoms with E-state index < -0.39 is 42.0 Å². The number of carbonyl (C=O) groups excluding carboxylic acids is 1. The number of carbonyl (C=O) groups is 1. The molecular weight excluding hydrogens is 272 g/mol. The van der Waals surface area contributed by atoms with E-state index in [1.54, 1.807) is 0 Å². The van der Waals surface area contributed by atoms with E-state index in [1.807, 2.05) is 0 Å². The first-order chi connectivity index (χ1) is 6.97. The molecule has 0 aliphatic carbocycles. The van der Waals surface area contributed by atoms with Crippen molar-refractivity contribution in [3.63, 3.8) is 0 Å². The Bertz CT molecular complexity index is 235. The maximum atomic E-state index is 10.7. The molecule has 1 aliphatic heterocycles. The summed E-state index contributed by atoms with van der Waals surface area (Å²) in [7, 11) is 0. The molecule has 0 radical (unpaired) electrons. The van der Waals surface area contributed by atoms with Crippen molar-refractivity contribution in [2.24, 2.45) is 0 Å². The number of alkyl halides is 1. The van der Waals surface area contributed by atoms with E-state index >= 15 is 0 Å². The Balaban J connectivity index is 2.70. The molecule has 0 amide bonds. The molecular formula is C8H13BrO6. The van der Waals surface area contributed by atoms with Gasteiger partial charge in [0.15, 0.2) is 11.1 Å². The Hall–Kier alpha value is -0.210. The Morgan fingerprint density at radius 3 is 2.53 bits per heavy atom. The highest BCUT2D eigenvalue weighted by Crippen LogP contribution is 2.26. The molecule has 7 heteroatoms. The third-order valence-corrected chi connectivity index (χ3v) is 2.85. The molecule has 0 aromatic carbocycles. The van der Waals surface area contributed by atoms with E-state index in [2.05, 4.69) is 15.9 Å². The van der Waals surface area contributed by atoms with Gasteiger partial charge in [0.2, 0.25) is 0 Å². The van der Waals surface area contributed by atoms with Crippen LogP contribution in [0.25, 0.3) is 0 Å². The SMILES string of the molecule is CC(=O)O[C@H]1C(Br)O[C@H](CO)[C@@H](O)[C@@H]1O. The number of esters is 1. The molecule has 15 heavy (non-hydrogen) atoms. The monoisotopic (exact) mass is 284 g/mol. The maximum Gasteiger partial charge on any atom is 0.303 e. The van der Waals surface area contributed by atoms with Gasteiger partial charge in [0.05, 0.1) is 6.61 Å². The Morgan fingerprint density at radius 2 is 2.07 bits per heavy atom. The maximum absolute atomic E-state index is 10.7. The van der Waals surface area contributed by atoms with Gasteiger partial charge in [-0.2, -0.15) is 0 Å². The molecule has 0 aromatic rings. The molecule has 1 saturated heterocycles. The quantitative estimate of drug-likeness (QED) is 0.433. The van der Waals surface area contributed by atoms with Crippen LogP contribution in [0.2, 0.25) is 0 Å². The molecule has 5 atom stereocenters. The molecule has 0 aromatic heterocycles. The lowest BCUT2D eigenvalue weighted by Crippen LogP contribution is -2.58. The van der Waals surface area contributed by atoms with Crippen LogP contribution in [0.1, 0.15) is 6.92 Å². The minimum absolute atomic E-state index is 0.423. The molecule has 6 nitrogen and oxygen atoms in total. The van der Waals surface area contributed by atoms with E-state index in [9.17, 15) is 15.0 Å². The van der Waals surface area contributed by atoms with Gasteiger partial charge in [0.1, 0.15) is 18.3 Å². The van der Waals surface area contributed by atoms with E-state index in [1.165, 1.54) is 6.92 Å². The summed E-state index contributed by atoms with van der Waals surface area (Å²) in [5.41, 5.74) is 0. The fraction of sp³-hybridized carbons (Fsp3) is 0.875. The largest absolute Gasteiger partial charge is 0.456 e. The van der Waals surface area contributed by atoms with Crippen molar-refractivity contribution in [1.29, 1.82) is 0 Å². The second kappa shape index (κ2) is 5.22. The molecule has 1 fully saturated rings. The van der Waals surface area contributed by atoms with Crippen LogP contribution in [0.4, 0.5) is 0 Å². The predicted octanol–water partition coefficient (Wildman–Crippen LogP) is -1.25. The second-order valence-corrected chi connectivity index (χ2v) is 4.17. The summed E-state index contributed by atoms with van der Waals surface area (Å²) in [6, 6.07) is 0. The number of hydrogen-bond donors (Lipinski definition) is 3. The molecule has 3 N–H and O–H groups in total. The van der Waals surface area contributed by atoms with Crippen molar-refractivity contribution in [2.75, 3.05) is 6.61 Å². The van der Waals surface area contributed by atoms with Gasteiger partial charge >= 0.3 is 5.97 Å². The van der Waals surface area contributed by atoms with Crippen LogP contribution in [-0.2, 0) is 14.3 Å². The molecule has 1 unspecified atom stereocenters. The third-order valence-electron chi connectivity index (χ3n) is 2.11. The molecule has 0 spiro atoms. The summed E-state index contributed by atoms with van der Waals surface area (Å²) in [4.78, 5) is 10.7. The average Bonchev–Trinajstić information content (AvgIpc) is 2.18. The summed E-state index contributed by atoms with van der Waals surface area (Å²) < 4.78 is 9.89. The number of halogens is 1. The van der Waals surface area contributed by atoms with Crippen LogP contribution in [0.5, 0.6) is 0 Å². The lowest BCUT2D eigenvalue weighted by molar-refractivity contribution is -0.216. The van der Waals surface area contributed by atoms with E-state index in [4.69, 9.17) is 14.6 Å². The van der Waals surface area contributed by atoms with Crippen molar-refractivity contribution in [3.05, 3.63) is 0 Å². The van der Waals surface area contributed by atoms with Crippen LogP contribution in [0, 0.1) is 0 Å². The number of rotatable bonds is 2. The Morgan fingerprint density at radius 1 is 1.47 bits per heavy atom. The van der Waals surface area contributed by atoms with E-state index in [-0.39, 0.29) is 0 Å². The molecule has 1 heterocycles. The summed E-state index contributed by atoms with van der Waals surface area (Å²) in [5.74, 6) is -0.582. The molecule has 0 saturated carbocycles. The van der Waals surface area contributed by atoms with Gasteiger partial charge in [-0.15, -0.1) is 0 Å². The third kappa shape index (κ3) is 2.88. The van der Waals surface area contributed by atoms with Crippen molar-refractivity contribution in [3.8, 4) is 0 Å². The number of aliphatic hydroxyl groups is 3. The Labute approximate surface area is 94.9 Å². The first kappa shape index (κ1) is 12.9. The topological polar surface area (TPSA) is 96.2 Å². The van der Waals surface area contributed by atoms with Gasteiger partial charge in [-0.3, -0.25) is 4.79 Å². The van der Waals surface area contributed by atoms with Crippen molar-refractivity contribution in [1.82, 2.24) is 0 Å². The number of aliphatic hydroxyl groups excluding tert-OH is 3. The van der Waals surface area contributed by atoms with Crippen LogP contribution >= 0.6 is 15.9 Å². The first-order valence-corrected chi connectivity index (χ1v) is 5.32. The van der Waals surface area contributed by atoms with Crippen molar-refractivity contribution >= 4 is 21.9 Å². The van der Waals surface area contributed by atoms with Crippen LogP contribution in [-0.4, -0.2) is 57.3 Å². The van der Waals surface area contributed by atoms with Gasteiger partial charge in [-0.25, -0.2) is 0 Å². The minimum atomic E-state index is -1.29. The zero-order chi connectivity index (χ0) is 11.6. The highest BCUT2D eigenvalue weighted by atomic mass is 79.9. The smallest absolute Gasteiger partial charge is 0.303 e. The lowest BCUT2D eigenvalue weighted by atomic mass is 10.0. The summed E-state index contributed by atoms with van der Waals surface area (Å²) in [5, 5.41) is 27.2. The zero-order valence-corrected chi connectivity index (χ0v) is 9.62. The molecule has 1 rings (SSSR count). The van der Waals surface area contributed by atoms with Crippen LogP contribution in [0.3, 0.4) is 0 Å². The normalized spacial score (nSPS) is 41.3. The summed E-state index contributed by atoms with van der Waals surface area (Å²) >= 11 is 3.05. The average molecular weight is 285 g/mol. The first-order valence-electron chi connectivity index (χ1n) is 4.41. The van der Waals surface area contributed by atoms with Gasteiger partial charge in [-0.1, -0.05) is 15.9 Å².